The molecule has 3 N–H and O–H groups in total. The molecule has 15 heavy (non-hydrogen) atoms. The van der Waals surface area contributed by atoms with Crippen molar-refractivity contribution in [1.82, 2.24) is 0 Å². The summed E-state index contributed by atoms with van der Waals surface area (Å²) in [7, 11) is 0. The number of nitrogens with two attached hydrogens (primary N) is 1. The minimum atomic E-state index is -0.425. The summed E-state index contributed by atoms with van der Waals surface area (Å²) in [4.78, 5) is 11.3. The van der Waals surface area contributed by atoms with Crippen molar-refractivity contribution in [2.75, 3.05) is 11.9 Å². The number of hydrogen-bond acceptors (Lipinski definition) is 2. The van der Waals surface area contributed by atoms with Gasteiger partial charge in [-0.15, -0.1) is 0 Å². The fourth-order valence-electron chi connectivity index (χ4n) is 1.78. The van der Waals surface area contributed by atoms with Gasteiger partial charge in [-0.25, -0.2) is 4.39 Å². The molecule has 1 aliphatic heterocycles. The van der Waals surface area contributed by atoms with E-state index in [9.17, 15) is 9.18 Å². The van der Waals surface area contributed by atoms with Crippen molar-refractivity contribution in [3.05, 3.63) is 28.0 Å². The lowest BCUT2D eigenvalue weighted by Crippen LogP contribution is -2.27. The van der Waals surface area contributed by atoms with Gasteiger partial charge in [0, 0.05) is 16.8 Å². The van der Waals surface area contributed by atoms with Crippen LogP contribution in [0.2, 0.25) is 0 Å². The van der Waals surface area contributed by atoms with E-state index in [2.05, 4.69) is 21.2 Å². The second-order valence-corrected chi connectivity index (χ2v) is 4.45. The summed E-state index contributed by atoms with van der Waals surface area (Å²) in [5, 5.41) is 2.53. The second kappa shape index (κ2) is 3.90. The molecular weight excluding hydrogens is 263 g/mol. The van der Waals surface area contributed by atoms with Gasteiger partial charge in [-0.05, 0) is 24.2 Å². The molecule has 1 unspecified atom stereocenters. The lowest BCUT2D eigenvalue weighted by Gasteiger charge is -2.25. The molecule has 3 nitrogen and oxygen atoms in total. The molecule has 0 fully saturated rings. The first kappa shape index (κ1) is 10.6. The molecule has 2 rings (SSSR count). The highest BCUT2D eigenvalue weighted by molar-refractivity contribution is 9.10. The number of amides is 1. The van der Waals surface area contributed by atoms with E-state index >= 15 is 0 Å². The Labute approximate surface area is 95.0 Å². The van der Waals surface area contributed by atoms with E-state index in [4.69, 9.17) is 5.73 Å². The zero-order chi connectivity index (χ0) is 11.0. The highest BCUT2D eigenvalue weighted by atomic mass is 79.9. The highest BCUT2D eigenvalue weighted by Gasteiger charge is 2.26. The number of hydrogen-bond donors (Lipinski definition) is 2. The zero-order valence-corrected chi connectivity index (χ0v) is 9.47. The van der Waals surface area contributed by atoms with Crippen LogP contribution in [0.4, 0.5) is 10.1 Å². The van der Waals surface area contributed by atoms with Crippen LogP contribution in [0.15, 0.2) is 16.6 Å². The predicted octanol–water partition coefficient (Wildman–Crippen LogP) is 1.97. The summed E-state index contributed by atoms with van der Waals surface area (Å²) in [5.41, 5.74) is 6.60. The molecule has 1 aliphatic rings. The fourth-order valence-corrected chi connectivity index (χ4v) is 2.23. The van der Waals surface area contributed by atoms with E-state index in [1.54, 1.807) is 6.07 Å². The number of halogens is 2. The Morgan fingerprint density at radius 3 is 3.00 bits per heavy atom. The molecule has 0 bridgehead atoms. The molecule has 0 aromatic heterocycles. The molecule has 1 atom stereocenters. The van der Waals surface area contributed by atoms with Crippen molar-refractivity contribution < 1.29 is 9.18 Å². The van der Waals surface area contributed by atoms with Crippen molar-refractivity contribution >= 4 is 27.5 Å². The minimum absolute atomic E-state index is 0.0965. The van der Waals surface area contributed by atoms with Crippen molar-refractivity contribution in [2.24, 2.45) is 5.73 Å². The largest absolute Gasteiger partial charge is 0.330 e. The number of nitrogens with one attached hydrogen (secondary N) is 1. The number of fused-ring (bicyclic) bond motifs is 1. The van der Waals surface area contributed by atoms with Crippen LogP contribution in [0, 0.1) is 5.82 Å². The van der Waals surface area contributed by atoms with Crippen LogP contribution in [0.3, 0.4) is 0 Å². The lowest BCUT2D eigenvalue weighted by atomic mass is 9.90. The van der Waals surface area contributed by atoms with E-state index in [-0.39, 0.29) is 17.5 Å². The van der Waals surface area contributed by atoms with Crippen LogP contribution in [0.25, 0.3) is 0 Å². The monoisotopic (exact) mass is 272 g/mol. The van der Waals surface area contributed by atoms with Crippen LogP contribution in [0.5, 0.6) is 0 Å². The Kier molecular flexibility index (Phi) is 2.75. The van der Waals surface area contributed by atoms with Gasteiger partial charge in [0.05, 0.1) is 5.69 Å². The highest BCUT2D eigenvalue weighted by Crippen LogP contribution is 2.35. The number of carbonyl (C=O) groups excluding carboxylic acids is 1. The first-order valence-corrected chi connectivity index (χ1v) is 5.40. The zero-order valence-electron chi connectivity index (χ0n) is 7.89. The van der Waals surface area contributed by atoms with Crippen molar-refractivity contribution in [2.45, 2.75) is 12.3 Å². The summed E-state index contributed by atoms with van der Waals surface area (Å²) in [6, 6.07) is 3.13. The molecule has 0 radical (unpaired) electrons. The maximum absolute atomic E-state index is 13.5. The Balaban J connectivity index is 2.55. The molecule has 0 aliphatic carbocycles. The Morgan fingerprint density at radius 2 is 2.33 bits per heavy atom. The van der Waals surface area contributed by atoms with Gasteiger partial charge in [0.2, 0.25) is 5.91 Å². The normalized spacial score (nSPS) is 19.7. The molecule has 1 aromatic carbocycles. The minimum Gasteiger partial charge on any atom is -0.330 e. The lowest BCUT2D eigenvalue weighted by molar-refractivity contribution is -0.116. The topological polar surface area (TPSA) is 55.1 Å². The van der Waals surface area contributed by atoms with E-state index in [1.165, 1.54) is 6.07 Å². The summed E-state index contributed by atoms with van der Waals surface area (Å²) in [6.45, 7) is 0.344. The molecule has 1 amide bonds. The van der Waals surface area contributed by atoms with Crippen LogP contribution >= 0.6 is 15.9 Å². The van der Waals surface area contributed by atoms with Gasteiger partial charge in [0.25, 0.3) is 0 Å². The molecule has 80 valence electrons. The molecule has 1 heterocycles. The Morgan fingerprint density at radius 1 is 1.60 bits per heavy atom. The molecule has 0 saturated carbocycles. The third kappa shape index (κ3) is 1.89. The summed E-state index contributed by atoms with van der Waals surface area (Å²) in [5.74, 6) is -0.703. The number of carbonyl (C=O) groups is 1. The van der Waals surface area contributed by atoms with Crippen LogP contribution < -0.4 is 11.1 Å². The van der Waals surface area contributed by atoms with Gasteiger partial charge in [-0.2, -0.15) is 0 Å². The maximum Gasteiger partial charge on any atom is 0.225 e. The number of benzene rings is 1. The van der Waals surface area contributed by atoms with Crippen molar-refractivity contribution in [3.63, 3.8) is 0 Å². The van der Waals surface area contributed by atoms with Crippen LogP contribution in [0.1, 0.15) is 17.9 Å². The third-order valence-corrected chi connectivity index (χ3v) is 2.96. The SMILES string of the molecule is NCC1CC(=O)Nc2c(F)cc(Br)cc21. The summed E-state index contributed by atoms with van der Waals surface area (Å²) in [6.07, 6.45) is 0.319. The average Bonchev–Trinajstić information content (AvgIpc) is 2.18. The van der Waals surface area contributed by atoms with E-state index in [0.29, 0.717) is 17.4 Å². The second-order valence-electron chi connectivity index (χ2n) is 3.54. The predicted molar refractivity (Wildman–Crippen MR) is 59.1 cm³/mol. The van der Waals surface area contributed by atoms with Crippen LogP contribution in [-0.4, -0.2) is 12.5 Å². The molecule has 0 saturated heterocycles. The van der Waals surface area contributed by atoms with Gasteiger partial charge in [-0.1, -0.05) is 15.9 Å². The van der Waals surface area contributed by atoms with E-state index in [1.807, 2.05) is 0 Å². The van der Waals surface area contributed by atoms with Crippen molar-refractivity contribution in [1.29, 1.82) is 0 Å². The number of rotatable bonds is 1. The van der Waals surface area contributed by atoms with Crippen molar-refractivity contribution in [3.8, 4) is 0 Å². The summed E-state index contributed by atoms with van der Waals surface area (Å²) < 4.78 is 14.2. The van der Waals surface area contributed by atoms with E-state index < -0.39 is 5.82 Å². The average molecular weight is 273 g/mol. The number of anilines is 1. The molecule has 5 heteroatoms. The van der Waals surface area contributed by atoms with E-state index in [0.717, 1.165) is 5.56 Å². The first-order chi connectivity index (χ1) is 7.11. The van der Waals surface area contributed by atoms with Gasteiger partial charge < -0.3 is 11.1 Å². The standard InChI is InChI=1S/C10H10BrFN2O/c11-6-2-7-5(4-13)1-9(15)14-10(7)8(12)3-6/h2-3,5H,1,4,13H2,(H,14,15). The molecular formula is C10H10BrFN2O. The fraction of sp³-hybridized carbons (Fsp3) is 0.300. The summed E-state index contributed by atoms with van der Waals surface area (Å²) >= 11 is 3.22. The third-order valence-electron chi connectivity index (χ3n) is 2.51. The van der Waals surface area contributed by atoms with Crippen LogP contribution in [-0.2, 0) is 4.79 Å². The van der Waals surface area contributed by atoms with Gasteiger partial charge in [0.15, 0.2) is 0 Å². The first-order valence-electron chi connectivity index (χ1n) is 4.60. The van der Waals surface area contributed by atoms with Gasteiger partial charge in [-0.3, -0.25) is 4.79 Å². The Bertz CT molecular complexity index is 422. The Hall–Kier alpha value is -0.940. The molecule has 1 aromatic rings. The quantitative estimate of drug-likeness (QED) is 0.822. The van der Waals surface area contributed by atoms with Gasteiger partial charge >= 0.3 is 0 Å². The maximum atomic E-state index is 13.5. The van der Waals surface area contributed by atoms with Gasteiger partial charge in [0.1, 0.15) is 5.82 Å². The smallest absolute Gasteiger partial charge is 0.225 e. The molecule has 0 spiro atoms.